The Balaban J connectivity index is 2.90. The van der Waals surface area contributed by atoms with E-state index < -0.39 is 0 Å². The Labute approximate surface area is 112 Å². The van der Waals surface area contributed by atoms with Gasteiger partial charge in [0.25, 0.3) is 0 Å². The lowest BCUT2D eigenvalue weighted by Crippen LogP contribution is -2.22. The second-order valence-corrected chi connectivity index (χ2v) is 4.65. The summed E-state index contributed by atoms with van der Waals surface area (Å²) in [5, 5.41) is 9.87. The van der Waals surface area contributed by atoms with Crippen LogP contribution < -0.4 is 5.73 Å². The molecule has 1 rings (SSSR count). The number of methoxy groups -OCH3 is 1. The number of phenolic OH excluding ortho intramolecular Hbond substituents is 1. The van der Waals surface area contributed by atoms with Crippen LogP contribution in [0.25, 0.3) is 0 Å². The van der Waals surface area contributed by atoms with Crippen LogP contribution in [0, 0.1) is 12.8 Å². The predicted octanol–water partition coefficient (Wildman–Crippen LogP) is 2.03. The molecule has 0 bridgehead atoms. The van der Waals surface area contributed by atoms with Crippen molar-refractivity contribution in [2.75, 3.05) is 13.7 Å². The smallest absolute Gasteiger partial charge is 0.309 e. The fourth-order valence-electron chi connectivity index (χ4n) is 1.88. The molecule has 0 amide bonds. The average Bonchev–Trinajstić information content (AvgIpc) is 2.34. The van der Waals surface area contributed by atoms with Gasteiger partial charge in [-0.2, -0.15) is 0 Å². The van der Waals surface area contributed by atoms with Crippen molar-refractivity contribution >= 4 is 17.6 Å². The average molecular weight is 272 g/mol. The van der Waals surface area contributed by atoms with Gasteiger partial charge in [0.1, 0.15) is 5.75 Å². The van der Waals surface area contributed by atoms with Crippen molar-refractivity contribution in [1.29, 1.82) is 0 Å². The highest BCUT2D eigenvalue weighted by molar-refractivity contribution is 6.32. The number of nitrogens with two attached hydrogens (primary N) is 1. The lowest BCUT2D eigenvalue weighted by atomic mass is 9.95. The molecule has 0 radical (unpaired) electrons. The molecule has 1 unspecified atom stereocenters. The van der Waals surface area contributed by atoms with Gasteiger partial charge < -0.3 is 15.6 Å². The van der Waals surface area contributed by atoms with Crippen molar-refractivity contribution in [3.05, 3.63) is 28.3 Å². The summed E-state index contributed by atoms with van der Waals surface area (Å²) in [5.74, 6) is -0.476. The topological polar surface area (TPSA) is 72.5 Å². The van der Waals surface area contributed by atoms with E-state index in [9.17, 15) is 9.90 Å². The van der Waals surface area contributed by atoms with E-state index in [-0.39, 0.29) is 17.6 Å². The highest BCUT2D eigenvalue weighted by atomic mass is 35.5. The van der Waals surface area contributed by atoms with Crippen LogP contribution in [0.15, 0.2) is 12.1 Å². The zero-order chi connectivity index (χ0) is 13.7. The number of phenols is 1. The Morgan fingerprint density at radius 1 is 1.56 bits per heavy atom. The van der Waals surface area contributed by atoms with Gasteiger partial charge in [0.05, 0.1) is 18.1 Å². The van der Waals surface area contributed by atoms with Crippen molar-refractivity contribution in [2.24, 2.45) is 11.7 Å². The number of hydrogen-bond acceptors (Lipinski definition) is 4. The lowest BCUT2D eigenvalue weighted by molar-refractivity contribution is -0.145. The largest absolute Gasteiger partial charge is 0.506 e. The summed E-state index contributed by atoms with van der Waals surface area (Å²) in [5.41, 5.74) is 7.06. The number of rotatable bonds is 5. The number of carbonyl (C=O) groups excluding carboxylic acids is 1. The number of hydrogen-bond donors (Lipinski definition) is 2. The Bertz CT molecular complexity index is 411. The lowest BCUT2D eigenvalue weighted by Gasteiger charge is -2.14. The van der Waals surface area contributed by atoms with Gasteiger partial charge in [-0.05, 0) is 43.5 Å². The van der Waals surface area contributed by atoms with E-state index in [1.807, 2.05) is 6.07 Å². The molecule has 1 atom stereocenters. The standard InChI is InChI=1S/C13H18ClNO3/c1-8-5-9(7-11(14)12(8)16)6-10(3-4-15)13(17)18-2/h5,7,10,16H,3-4,6,15H2,1-2H3. The molecule has 0 saturated carbocycles. The second-order valence-electron chi connectivity index (χ2n) is 4.24. The number of carbonyl (C=O) groups is 1. The molecule has 0 spiro atoms. The number of esters is 1. The molecule has 3 N–H and O–H groups in total. The fourth-order valence-corrected chi connectivity index (χ4v) is 2.17. The summed E-state index contributed by atoms with van der Waals surface area (Å²) < 4.78 is 4.74. The van der Waals surface area contributed by atoms with Crippen LogP contribution in [0.4, 0.5) is 0 Å². The molecule has 1 aromatic rings. The maximum Gasteiger partial charge on any atom is 0.309 e. The predicted molar refractivity (Wildman–Crippen MR) is 70.7 cm³/mol. The maximum atomic E-state index is 11.6. The van der Waals surface area contributed by atoms with Crippen molar-refractivity contribution in [1.82, 2.24) is 0 Å². The molecule has 0 fully saturated rings. The van der Waals surface area contributed by atoms with E-state index >= 15 is 0 Å². The first-order valence-electron chi connectivity index (χ1n) is 5.75. The van der Waals surface area contributed by atoms with Crippen molar-refractivity contribution in [3.63, 3.8) is 0 Å². The van der Waals surface area contributed by atoms with E-state index in [1.54, 1.807) is 13.0 Å². The third kappa shape index (κ3) is 3.62. The molecule has 18 heavy (non-hydrogen) atoms. The maximum absolute atomic E-state index is 11.6. The van der Waals surface area contributed by atoms with Crippen LogP contribution in [-0.2, 0) is 16.0 Å². The number of aromatic hydroxyl groups is 1. The molecule has 0 saturated heterocycles. The highest BCUT2D eigenvalue weighted by Gasteiger charge is 2.19. The van der Waals surface area contributed by atoms with E-state index in [4.69, 9.17) is 22.1 Å². The Morgan fingerprint density at radius 3 is 2.72 bits per heavy atom. The van der Waals surface area contributed by atoms with Gasteiger partial charge in [-0.25, -0.2) is 0 Å². The monoisotopic (exact) mass is 271 g/mol. The first-order chi connectivity index (χ1) is 8.49. The molecule has 0 aromatic heterocycles. The van der Waals surface area contributed by atoms with Crippen molar-refractivity contribution in [2.45, 2.75) is 19.8 Å². The Morgan fingerprint density at radius 2 is 2.22 bits per heavy atom. The molecular formula is C13H18ClNO3. The van der Waals surface area contributed by atoms with Crippen LogP contribution in [0.3, 0.4) is 0 Å². The summed E-state index contributed by atoms with van der Waals surface area (Å²) in [6, 6.07) is 3.48. The number of aryl methyl sites for hydroxylation is 1. The van der Waals surface area contributed by atoms with Gasteiger partial charge in [-0.3, -0.25) is 4.79 Å². The summed E-state index contributed by atoms with van der Waals surface area (Å²) in [4.78, 5) is 11.6. The molecule has 4 nitrogen and oxygen atoms in total. The zero-order valence-corrected chi connectivity index (χ0v) is 11.3. The molecule has 0 aliphatic rings. The quantitative estimate of drug-likeness (QED) is 0.804. The summed E-state index contributed by atoms with van der Waals surface area (Å²) >= 11 is 5.90. The van der Waals surface area contributed by atoms with Gasteiger partial charge in [0, 0.05) is 0 Å². The van der Waals surface area contributed by atoms with E-state index in [2.05, 4.69) is 0 Å². The molecule has 1 aromatic carbocycles. The van der Waals surface area contributed by atoms with Crippen LogP contribution in [-0.4, -0.2) is 24.7 Å². The number of halogens is 1. The van der Waals surface area contributed by atoms with Gasteiger partial charge in [-0.1, -0.05) is 17.7 Å². The molecule has 100 valence electrons. The van der Waals surface area contributed by atoms with Crippen LogP contribution in [0.1, 0.15) is 17.5 Å². The minimum atomic E-state index is -0.278. The minimum Gasteiger partial charge on any atom is -0.506 e. The van der Waals surface area contributed by atoms with Gasteiger partial charge in [0.15, 0.2) is 0 Å². The molecule has 0 aliphatic carbocycles. The molecular weight excluding hydrogens is 254 g/mol. The Hall–Kier alpha value is -1.26. The number of benzene rings is 1. The molecule has 5 heteroatoms. The highest BCUT2D eigenvalue weighted by Crippen LogP contribution is 2.29. The fraction of sp³-hybridized carbons (Fsp3) is 0.462. The van der Waals surface area contributed by atoms with Gasteiger partial charge >= 0.3 is 5.97 Å². The van der Waals surface area contributed by atoms with Gasteiger partial charge in [0.2, 0.25) is 0 Å². The first-order valence-corrected chi connectivity index (χ1v) is 6.13. The number of ether oxygens (including phenoxy) is 1. The minimum absolute atomic E-state index is 0.0776. The zero-order valence-electron chi connectivity index (χ0n) is 10.6. The van der Waals surface area contributed by atoms with Crippen LogP contribution in [0.5, 0.6) is 5.75 Å². The summed E-state index contributed by atoms with van der Waals surface area (Å²) in [7, 11) is 1.36. The molecule has 0 aliphatic heterocycles. The van der Waals surface area contributed by atoms with Gasteiger partial charge in [-0.15, -0.1) is 0 Å². The van der Waals surface area contributed by atoms with E-state index in [0.717, 1.165) is 5.56 Å². The van der Waals surface area contributed by atoms with E-state index in [0.29, 0.717) is 30.0 Å². The normalized spacial score (nSPS) is 12.2. The van der Waals surface area contributed by atoms with Crippen molar-refractivity contribution < 1.29 is 14.6 Å². The van der Waals surface area contributed by atoms with Crippen LogP contribution in [0.2, 0.25) is 5.02 Å². The van der Waals surface area contributed by atoms with E-state index in [1.165, 1.54) is 7.11 Å². The summed E-state index contributed by atoms with van der Waals surface area (Å²) in [6.45, 7) is 2.19. The van der Waals surface area contributed by atoms with Crippen molar-refractivity contribution in [3.8, 4) is 5.75 Å². The molecule has 0 heterocycles. The SMILES string of the molecule is COC(=O)C(CCN)Cc1cc(C)c(O)c(Cl)c1. The second kappa shape index (κ2) is 6.61. The Kier molecular flexibility index (Phi) is 5.44. The van der Waals surface area contributed by atoms with Crippen LogP contribution >= 0.6 is 11.6 Å². The third-order valence-corrected chi connectivity index (χ3v) is 3.13. The summed E-state index contributed by atoms with van der Waals surface area (Å²) in [6.07, 6.45) is 1.06. The first kappa shape index (κ1) is 14.8. The third-order valence-electron chi connectivity index (χ3n) is 2.85.